The van der Waals surface area contributed by atoms with Crippen LogP contribution in [-0.2, 0) is 12.8 Å². The maximum Gasteiger partial charge on any atom is 0.339 e. The van der Waals surface area contributed by atoms with Crippen LogP contribution in [0.4, 0.5) is 10.3 Å². The summed E-state index contributed by atoms with van der Waals surface area (Å²) < 4.78 is 18.7. The van der Waals surface area contributed by atoms with Gasteiger partial charge in [0.1, 0.15) is 11.6 Å². The number of ether oxygens (including phenoxy) is 1. The number of carbonyl (C=O) groups is 1. The van der Waals surface area contributed by atoms with E-state index in [1.807, 2.05) is 24.3 Å². The Morgan fingerprint density at radius 3 is 2.71 bits per heavy atom. The summed E-state index contributed by atoms with van der Waals surface area (Å²) in [6, 6.07) is 14.2. The Morgan fingerprint density at radius 2 is 1.97 bits per heavy atom. The molecule has 0 aliphatic carbocycles. The molecule has 2 aromatic carbocycles. The average Bonchev–Trinajstić information content (AvgIpc) is 3.28. The van der Waals surface area contributed by atoms with Gasteiger partial charge in [-0.1, -0.05) is 30.3 Å². The molecule has 1 aromatic heterocycles. The van der Waals surface area contributed by atoms with Crippen molar-refractivity contribution in [3.05, 3.63) is 82.9 Å². The summed E-state index contributed by atoms with van der Waals surface area (Å²) in [6.07, 6.45) is 4.30. The van der Waals surface area contributed by atoms with E-state index < -0.39 is 5.97 Å². The Labute approximate surface area is 180 Å². The maximum absolute atomic E-state index is 13.2. The highest BCUT2D eigenvalue weighted by Gasteiger charge is 2.30. The number of hydrogen-bond donors (Lipinski definition) is 1. The number of para-hydroxylation sites is 1. The predicted octanol–water partition coefficient (Wildman–Crippen LogP) is 4.45. The quantitative estimate of drug-likeness (QED) is 0.608. The molecule has 0 amide bonds. The number of carboxylic acid groups (broad SMARTS) is 1. The van der Waals surface area contributed by atoms with E-state index in [2.05, 4.69) is 14.9 Å². The molecule has 0 radical (unpaired) electrons. The van der Waals surface area contributed by atoms with Gasteiger partial charge < -0.3 is 14.7 Å². The molecule has 4 rings (SSSR count). The first-order valence-electron chi connectivity index (χ1n) is 10.3. The van der Waals surface area contributed by atoms with Gasteiger partial charge in [0.15, 0.2) is 0 Å². The molecule has 1 aliphatic heterocycles. The molecule has 3 aromatic rings. The molecule has 160 valence electrons. The van der Waals surface area contributed by atoms with Gasteiger partial charge in [-0.05, 0) is 49.4 Å². The summed E-state index contributed by atoms with van der Waals surface area (Å²) in [4.78, 5) is 22.9. The largest absolute Gasteiger partial charge is 0.496 e. The zero-order valence-corrected chi connectivity index (χ0v) is 17.3. The minimum atomic E-state index is -1.05. The smallest absolute Gasteiger partial charge is 0.339 e. The number of carboxylic acids is 1. The number of benzene rings is 2. The van der Waals surface area contributed by atoms with E-state index in [1.54, 1.807) is 19.2 Å². The second-order valence-corrected chi connectivity index (χ2v) is 7.56. The van der Waals surface area contributed by atoms with Crippen molar-refractivity contribution in [2.24, 2.45) is 0 Å². The van der Waals surface area contributed by atoms with Crippen LogP contribution >= 0.6 is 0 Å². The number of aryl methyl sites for hydroxylation is 2. The van der Waals surface area contributed by atoms with E-state index in [1.165, 1.54) is 18.3 Å². The fourth-order valence-corrected chi connectivity index (χ4v) is 4.10. The zero-order valence-electron chi connectivity index (χ0n) is 17.3. The Hall–Kier alpha value is -3.48. The summed E-state index contributed by atoms with van der Waals surface area (Å²) in [7, 11) is 1.66. The summed E-state index contributed by atoms with van der Waals surface area (Å²) >= 11 is 0. The third kappa shape index (κ3) is 4.50. The van der Waals surface area contributed by atoms with Gasteiger partial charge in [-0.15, -0.1) is 0 Å². The summed E-state index contributed by atoms with van der Waals surface area (Å²) in [5.41, 5.74) is 2.57. The lowest BCUT2D eigenvalue weighted by atomic mass is 10.0. The molecule has 6 nitrogen and oxygen atoms in total. The van der Waals surface area contributed by atoms with Crippen LogP contribution in [0.3, 0.4) is 0 Å². The van der Waals surface area contributed by atoms with E-state index in [0.717, 1.165) is 36.3 Å². The van der Waals surface area contributed by atoms with E-state index in [4.69, 9.17) is 4.74 Å². The van der Waals surface area contributed by atoms with Crippen LogP contribution in [0.15, 0.2) is 54.7 Å². The molecule has 0 spiro atoms. The molecule has 31 heavy (non-hydrogen) atoms. The minimum absolute atomic E-state index is 0.0665. The number of aromatic carboxylic acids is 1. The summed E-state index contributed by atoms with van der Waals surface area (Å²) in [5, 5.41) is 9.59. The Kier molecular flexibility index (Phi) is 6.11. The Balaban J connectivity index is 1.62. The summed E-state index contributed by atoms with van der Waals surface area (Å²) in [5.74, 6) is -0.00956. The highest BCUT2D eigenvalue weighted by Crippen LogP contribution is 2.38. The van der Waals surface area contributed by atoms with Gasteiger partial charge in [0.25, 0.3) is 0 Å². The molecule has 1 N–H and O–H groups in total. The van der Waals surface area contributed by atoms with Crippen molar-refractivity contribution in [3.8, 4) is 5.75 Å². The first kappa shape index (κ1) is 20.8. The fourth-order valence-electron chi connectivity index (χ4n) is 4.10. The van der Waals surface area contributed by atoms with Crippen molar-refractivity contribution in [1.82, 2.24) is 9.97 Å². The fraction of sp³-hybridized carbons (Fsp3) is 0.292. The van der Waals surface area contributed by atoms with Crippen LogP contribution < -0.4 is 9.64 Å². The van der Waals surface area contributed by atoms with Crippen LogP contribution in [0.25, 0.3) is 0 Å². The van der Waals surface area contributed by atoms with Crippen molar-refractivity contribution in [2.45, 2.75) is 31.7 Å². The lowest BCUT2D eigenvalue weighted by Crippen LogP contribution is -2.26. The van der Waals surface area contributed by atoms with Gasteiger partial charge in [-0.2, -0.15) is 0 Å². The van der Waals surface area contributed by atoms with Crippen LogP contribution in [0, 0.1) is 5.82 Å². The normalized spacial score (nSPS) is 15.8. The van der Waals surface area contributed by atoms with Gasteiger partial charge >= 0.3 is 5.97 Å². The van der Waals surface area contributed by atoms with Crippen LogP contribution in [0.5, 0.6) is 5.75 Å². The number of nitrogens with zero attached hydrogens (tertiary/aromatic N) is 3. The second kappa shape index (κ2) is 9.12. The molecule has 1 fully saturated rings. The second-order valence-electron chi connectivity index (χ2n) is 7.56. The number of halogens is 1. The summed E-state index contributed by atoms with van der Waals surface area (Å²) in [6.45, 7) is 0.784. The van der Waals surface area contributed by atoms with Gasteiger partial charge in [0.2, 0.25) is 5.95 Å². The van der Waals surface area contributed by atoms with Crippen molar-refractivity contribution < 1.29 is 19.0 Å². The Bertz CT molecular complexity index is 1070. The number of aromatic nitrogens is 2. The highest BCUT2D eigenvalue weighted by molar-refractivity contribution is 5.88. The number of rotatable bonds is 7. The molecule has 0 bridgehead atoms. The molecule has 1 aliphatic rings. The van der Waals surface area contributed by atoms with E-state index in [9.17, 15) is 14.3 Å². The predicted molar refractivity (Wildman–Crippen MR) is 115 cm³/mol. The molecule has 1 saturated heterocycles. The van der Waals surface area contributed by atoms with Gasteiger partial charge in [-0.3, -0.25) is 0 Å². The Morgan fingerprint density at radius 1 is 1.19 bits per heavy atom. The number of methoxy groups -OCH3 is 1. The SMILES string of the molecule is COc1ccccc1C1CCCN1c1ncc(C(=O)O)c(CCc2ccc(F)cc2)n1. The van der Waals surface area contributed by atoms with Crippen LogP contribution in [-0.4, -0.2) is 34.7 Å². The topological polar surface area (TPSA) is 75.5 Å². The third-order valence-electron chi connectivity index (χ3n) is 5.66. The molecule has 0 saturated carbocycles. The lowest BCUT2D eigenvalue weighted by Gasteiger charge is -2.26. The minimum Gasteiger partial charge on any atom is -0.496 e. The first-order chi connectivity index (χ1) is 15.1. The standard InChI is InChI=1S/C24H24FN3O3/c1-31-22-7-3-2-5-18(22)21-6-4-14-28(21)24-26-15-19(23(29)30)20(27-24)13-10-16-8-11-17(25)12-9-16/h2-3,5,7-9,11-12,15,21H,4,6,10,13-14H2,1H3,(H,29,30). The molecule has 1 atom stereocenters. The number of anilines is 1. The van der Waals surface area contributed by atoms with Crippen molar-refractivity contribution in [1.29, 1.82) is 0 Å². The lowest BCUT2D eigenvalue weighted by molar-refractivity contribution is 0.0694. The molecular formula is C24H24FN3O3. The molecule has 1 unspecified atom stereocenters. The third-order valence-corrected chi connectivity index (χ3v) is 5.66. The van der Waals surface area contributed by atoms with E-state index in [-0.39, 0.29) is 17.4 Å². The molecule has 2 heterocycles. The number of hydrogen-bond acceptors (Lipinski definition) is 5. The van der Waals surface area contributed by atoms with E-state index >= 15 is 0 Å². The first-order valence-corrected chi connectivity index (χ1v) is 10.3. The van der Waals surface area contributed by atoms with Crippen molar-refractivity contribution >= 4 is 11.9 Å². The van der Waals surface area contributed by atoms with Gasteiger partial charge in [0.05, 0.1) is 24.4 Å². The molecular weight excluding hydrogens is 397 g/mol. The van der Waals surface area contributed by atoms with Crippen molar-refractivity contribution in [2.75, 3.05) is 18.6 Å². The van der Waals surface area contributed by atoms with Gasteiger partial charge in [-0.25, -0.2) is 19.2 Å². The van der Waals surface area contributed by atoms with Crippen LogP contribution in [0.2, 0.25) is 0 Å². The zero-order chi connectivity index (χ0) is 21.8. The van der Waals surface area contributed by atoms with Crippen molar-refractivity contribution in [3.63, 3.8) is 0 Å². The highest BCUT2D eigenvalue weighted by atomic mass is 19.1. The average molecular weight is 421 g/mol. The van der Waals surface area contributed by atoms with Gasteiger partial charge in [0, 0.05) is 18.3 Å². The monoisotopic (exact) mass is 421 g/mol. The maximum atomic E-state index is 13.2. The van der Waals surface area contributed by atoms with Crippen LogP contribution in [0.1, 0.15) is 46.1 Å². The van der Waals surface area contributed by atoms with E-state index in [0.29, 0.717) is 24.5 Å². The molecule has 7 heteroatoms.